The van der Waals surface area contributed by atoms with Gasteiger partial charge in [-0.1, -0.05) is 26.0 Å². The molecule has 1 saturated carbocycles. The van der Waals surface area contributed by atoms with Crippen molar-refractivity contribution in [1.29, 1.82) is 0 Å². The summed E-state index contributed by atoms with van der Waals surface area (Å²) in [6, 6.07) is 6.50. The molecule has 3 nitrogen and oxygen atoms in total. The molecule has 3 heteroatoms. The molecule has 0 heterocycles. The Morgan fingerprint density at radius 3 is 2.50 bits per heavy atom. The van der Waals surface area contributed by atoms with E-state index in [9.17, 15) is 9.90 Å². The minimum Gasteiger partial charge on any atom is -0.507 e. The Morgan fingerprint density at radius 1 is 1.28 bits per heavy atom. The van der Waals surface area contributed by atoms with Crippen molar-refractivity contribution in [2.75, 3.05) is 0 Å². The molecule has 98 valence electrons. The average Bonchev–Trinajstić information content (AvgIpc) is 2.32. The molecule has 0 aromatic heterocycles. The lowest BCUT2D eigenvalue weighted by Gasteiger charge is -2.33. The maximum atomic E-state index is 11.9. The summed E-state index contributed by atoms with van der Waals surface area (Å²) in [4.78, 5) is 11.9. The summed E-state index contributed by atoms with van der Waals surface area (Å²) < 4.78 is 5.45. The molecule has 0 saturated heterocycles. The van der Waals surface area contributed by atoms with E-state index in [2.05, 4.69) is 13.8 Å². The van der Waals surface area contributed by atoms with Gasteiger partial charge in [-0.15, -0.1) is 0 Å². The number of rotatable bonds is 2. The summed E-state index contributed by atoms with van der Waals surface area (Å²) in [5, 5.41) is 9.59. The molecule has 1 N–H and O–H groups in total. The molecule has 2 rings (SSSR count). The lowest BCUT2D eigenvalue weighted by molar-refractivity contribution is 0.00925. The third-order valence-electron chi connectivity index (χ3n) is 3.68. The van der Waals surface area contributed by atoms with Crippen molar-refractivity contribution in [1.82, 2.24) is 0 Å². The van der Waals surface area contributed by atoms with Gasteiger partial charge in [-0.3, -0.25) is 0 Å². The third kappa shape index (κ3) is 3.03. The fraction of sp³-hybridized carbons (Fsp3) is 0.533. The number of ether oxygens (including phenoxy) is 1. The monoisotopic (exact) mass is 248 g/mol. The number of hydrogen-bond donors (Lipinski definition) is 1. The van der Waals surface area contributed by atoms with Gasteiger partial charge in [0, 0.05) is 0 Å². The fourth-order valence-corrected chi connectivity index (χ4v) is 2.35. The molecule has 18 heavy (non-hydrogen) atoms. The first-order valence-electron chi connectivity index (χ1n) is 6.47. The van der Waals surface area contributed by atoms with Crippen LogP contribution in [-0.2, 0) is 4.74 Å². The normalized spacial score (nSPS) is 19.4. The second kappa shape index (κ2) is 5.01. The molecule has 0 aliphatic heterocycles. The van der Waals surface area contributed by atoms with E-state index in [4.69, 9.17) is 4.74 Å². The zero-order valence-electron chi connectivity index (χ0n) is 11.0. The van der Waals surface area contributed by atoms with Gasteiger partial charge in [-0.05, 0) is 43.2 Å². The van der Waals surface area contributed by atoms with Crippen molar-refractivity contribution in [2.24, 2.45) is 5.41 Å². The van der Waals surface area contributed by atoms with E-state index in [0.717, 1.165) is 25.7 Å². The average molecular weight is 248 g/mol. The van der Waals surface area contributed by atoms with Crippen molar-refractivity contribution in [2.45, 2.75) is 45.6 Å². The van der Waals surface area contributed by atoms with Crippen molar-refractivity contribution in [3.05, 3.63) is 29.8 Å². The predicted octanol–water partition coefficient (Wildman–Crippen LogP) is 3.52. The van der Waals surface area contributed by atoms with Crippen LogP contribution in [0.5, 0.6) is 5.75 Å². The number of carbonyl (C=O) groups excluding carboxylic acids is 1. The smallest absolute Gasteiger partial charge is 0.342 e. The first-order valence-corrected chi connectivity index (χ1v) is 6.47. The van der Waals surface area contributed by atoms with E-state index in [1.54, 1.807) is 18.2 Å². The zero-order valence-corrected chi connectivity index (χ0v) is 11.0. The summed E-state index contributed by atoms with van der Waals surface area (Å²) in [5.74, 6) is -0.434. The van der Waals surface area contributed by atoms with Gasteiger partial charge in [0.25, 0.3) is 0 Å². The van der Waals surface area contributed by atoms with E-state index >= 15 is 0 Å². The first kappa shape index (κ1) is 12.9. The van der Waals surface area contributed by atoms with Crippen LogP contribution in [0.15, 0.2) is 24.3 Å². The molecule has 0 amide bonds. The minimum atomic E-state index is -0.419. The zero-order chi connectivity index (χ0) is 13.2. The minimum absolute atomic E-state index is 0.00914. The first-order chi connectivity index (χ1) is 8.48. The topological polar surface area (TPSA) is 46.5 Å². The SMILES string of the molecule is CC1(C)CCC(OC(=O)c2ccccc2O)CC1. The van der Waals surface area contributed by atoms with Crippen LogP contribution in [-0.4, -0.2) is 17.2 Å². The van der Waals surface area contributed by atoms with Gasteiger partial charge in [-0.2, -0.15) is 0 Å². The van der Waals surface area contributed by atoms with Crippen molar-refractivity contribution in [3.63, 3.8) is 0 Å². The number of aromatic hydroxyl groups is 1. The van der Waals surface area contributed by atoms with Gasteiger partial charge in [0.2, 0.25) is 0 Å². The van der Waals surface area contributed by atoms with E-state index in [1.807, 2.05) is 0 Å². The van der Waals surface area contributed by atoms with Gasteiger partial charge in [0.05, 0.1) is 0 Å². The van der Waals surface area contributed by atoms with Gasteiger partial charge < -0.3 is 9.84 Å². The molecule has 0 spiro atoms. The predicted molar refractivity (Wildman–Crippen MR) is 69.6 cm³/mol. The highest BCUT2D eigenvalue weighted by atomic mass is 16.5. The highest BCUT2D eigenvalue weighted by Crippen LogP contribution is 2.36. The van der Waals surface area contributed by atoms with Crippen LogP contribution in [0, 0.1) is 5.41 Å². The molecule has 1 aromatic carbocycles. The van der Waals surface area contributed by atoms with Crippen molar-refractivity contribution < 1.29 is 14.6 Å². The number of para-hydroxylation sites is 1. The fourth-order valence-electron chi connectivity index (χ4n) is 2.35. The molecule has 1 aromatic rings. The molecule has 1 aliphatic rings. The van der Waals surface area contributed by atoms with Gasteiger partial charge in [0.15, 0.2) is 0 Å². The molecular weight excluding hydrogens is 228 g/mol. The van der Waals surface area contributed by atoms with E-state index in [-0.39, 0.29) is 17.4 Å². The number of phenolic OH excluding ortho intramolecular Hbond substituents is 1. The Labute approximate surface area is 108 Å². The van der Waals surface area contributed by atoms with E-state index in [1.165, 1.54) is 6.07 Å². The third-order valence-corrected chi connectivity index (χ3v) is 3.68. The second-order valence-corrected chi connectivity index (χ2v) is 5.79. The van der Waals surface area contributed by atoms with Gasteiger partial charge in [0.1, 0.15) is 17.4 Å². The molecular formula is C15H20O3. The van der Waals surface area contributed by atoms with Crippen LogP contribution >= 0.6 is 0 Å². The standard InChI is InChI=1S/C15H20O3/c1-15(2)9-7-11(8-10-15)18-14(17)12-5-3-4-6-13(12)16/h3-6,11,16H,7-10H2,1-2H3. The Hall–Kier alpha value is -1.51. The number of hydrogen-bond acceptors (Lipinski definition) is 3. The molecule has 0 bridgehead atoms. The molecule has 0 radical (unpaired) electrons. The Morgan fingerprint density at radius 2 is 1.89 bits per heavy atom. The van der Waals surface area contributed by atoms with Crippen LogP contribution in [0.4, 0.5) is 0 Å². The number of esters is 1. The van der Waals surface area contributed by atoms with E-state index in [0.29, 0.717) is 5.41 Å². The number of carbonyl (C=O) groups is 1. The molecule has 1 fully saturated rings. The molecule has 1 aliphatic carbocycles. The molecule has 0 atom stereocenters. The Balaban J connectivity index is 1.95. The Bertz CT molecular complexity index is 427. The maximum absolute atomic E-state index is 11.9. The Kier molecular flexibility index (Phi) is 3.60. The van der Waals surface area contributed by atoms with Crippen LogP contribution in [0.3, 0.4) is 0 Å². The number of benzene rings is 1. The summed E-state index contributed by atoms with van der Waals surface area (Å²) in [7, 11) is 0. The largest absolute Gasteiger partial charge is 0.507 e. The highest BCUT2D eigenvalue weighted by molar-refractivity contribution is 5.92. The summed E-state index contributed by atoms with van der Waals surface area (Å²) in [5.41, 5.74) is 0.611. The summed E-state index contributed by atoms with van der Waals surface area (Å²) >= 11 is 0. The molecule has 0 unspecified atom stereocenters. The number of phenols is 1. The van der Waals surface area contributed by atoms with Crippen LogP contribution in [0.2, 0.25) is 0 Å². The van der Waals surface area contributed by atoms with E-state index < -0.39 is 5.97 Å². The quantitative estimate of drug-likeness (QED) is 0.814. The van der Waals surface area contributed by atoms with Crippen molar-refractivity contribution in [3.8, 4) is 5.75 Å². The van der Waals surface area contributed by atoms with Gasteiger partial charge >= 0.3 is 5.97 Å². The maximum Gasteiger partial charge on any atom is 0.342 e. The second-order valence-electron chi connectivity index (χ2n) is 5.79. The lowest BCUT2D eigenvalue weighted by atomic mass is 9.76. The van der Waals surface area contributed by atoms with Crippen LogP contribution < -0.4 is 0 Å². The van der Waals surface area contributed by atoms with Gasteiger partial charge in [-0.25, -0.2) is 4.79 Å². The lowest BCUT2D eigenvalue weighted by Crippen LogP contribution is -2.28. The van der Waals surface area contributed by atoms with Crippen LogP contribution in [0.25, 0.3) is 0 Å². The van der Waals surface area contributed by atoms with Crippen LogP contribution in [0.1, 0.15) is 49.9 Å². The summed E-state index contributed by atoms with van der Waals surface area (Å²) in [6.45, 7) is 4.49. The van der Waals surface area contributed by atoms with Crippen molar-refractivity contribution >= 4 is 5.97 Å². The summed E-state index contributed by atoms with van der Waals surface area (Å²) in [6.07, 6.45) is 3.96. The highest BCUT2D eigenvalue weighted by Gasteiger charge is 2.29.